The monoisotopic (exact) mass is 545 g/mol. The molecule has 10 heteroatoms. The van der Waals surface area contributed by atoms with Gasteiger partial charge in [0.25, 0.3) is 5.91 Å². The normalized spacial score (nSPS) is 14.6. The average molecular weight is 546 g/mol. The highest BCUT2D eigenvalue weighted by Crippen LogP contribution is 2.36. The van der Waals surface area contributed by atoms with Crippen LogP contribution < -0.4 is 16.0 Å². The summed E-state index contributed by atoms with van der Waals surface area (Å²) in [5.74, 6) is -1.74. The fraction of sp³-hybridized carbons (Fsp3) is 0.269. The van der Waals surface area contributed by atoms with Gasteiger partial charge in [0.05, 0.1) is 21.4 Å². The van der Waals surface area contributed by atoms with Crippen LogP contribution in [0.3, 0.4) is 0 Å². The minimum absolute atomic E-state index is 0.129. The van der Waals surface area contributed by atoms with Gasteiger partial charge in [0.1, 0.15) is 10.9 Å². The molecule has 0 saturated heterocycles. The minimum atomic E-state index is -1.06. The van der Waals surface area contributed by atoms with E-state index in [-0.39, 0.29) is 32.2 Å². The molecule has 4 N–H and O–H groups in total. The number of aliphatic carboxylic acids is 1. The van der Waals surface area contributed by atoms with Gasteiger partial charge in [0, 0.05) is 4.88 Å². The molecule has 1 aliphatic rings. The van der Waals surface area contributed by atoms with Crippen molar-refractivity contribution in [3.63, 3.8) is 0 Å². The first-order valence-corrected chi connectivity index (χ1v) is 13.2. The van der Waals surface area contributed by atoms with Gasteiger partial charge in [0.2, 0.25) is 0 Å². The van der Waals surface area contributed by atoms with E-state index in [0.29, 0.717) is 0 Å². The van der Waals surface area contributed by atoms with E-state index in [2.05, 4.69) is 16.0 Å². The molecular weight excluding hydrogens is 521 g/mol. The van der Waals surface area contributed by atoms with E-state index < -0.39 is 23.9 Å². The number of nitrogens with one attached hydrogen (secondary N) is 3. The summed E-state index contributed by atoms with van der Waals surface area (Å²) in [5, 5.41) is 18.4. The van der Waals surface area contributed by atoms with Crippen molar-refractivity contribution in [2.75, 3.05) is 10.6 Å². The Kier molecular flexibility index (Phi) is 8.51. The van der Waals surface area contributed by atoms with Crippen molar-refractivity contribution in [3.05, 3.63) is 69.5 Å². The largest absolute Gasteiger partial charge is 0.480 e. The van der Waals surface area contributed by atoms with Gasteiger partial charge in [-0.15, -0.1) is 11.3 Å². The van der Waals surface area contributed by atoms with Gasteiger partial charge in [-0.2, -0.15) is 0 Å². The van der Waals surface area contributed by atoms with E-state index in [1.807, 2.05) is 30.3 Å². The number of thiophene rings is 1. The Morgan fingerprint density at radius 1 is 0.917 bits per heavy atom. The lowest BCUT2D eigenvalue weighted by Crippen LogP contribution is -2.46. The van der Waals surface area contributed by atoms with Crippen molar-refractivity contribution < 1.29 is 19.5 Å². The maximum Gasteiger partial charge on any atom is 0.326 e. The molecule has 3 aromatic rings. The number of hydrogen-bond acceptors (Lipinski definition) is 4. The molecule has 0 aliphatic heterocycles. The molecule has 1 atom stereocenters. The second kappa shape index (κ2) is 11.8. The predicted octanol–water partition coefficient (Wildman–Crippen LogP) is 7.13. The molecule has 1 aromatic heterocycles. The van der Waals surface area contributed by atoms with Crippen LogP contribution in [0.5, 0.6) is 0 Å². The van der Waals surface area contributed by atoms with E-state index in [4.69, 9.17) is 23.2 Å². The Labute approximate surface area is 222 Å². The van der Waals surface area contributed by atoms with Crippen molar-refractivity contribution in [1.82, 2.24) is 5.32 Å². The predicted molar refractivity (Wildman–Crippen MR) is 144 cm³/mol. The van der Waals surface area contributed by atoms with Gasteiger partial charge in [-0.25, -0.2) is 9.59 Å². The van der Waals surface area contributed by atoms with Crippen molar-refractivity contribution in [3.8, 4) is 10.4 Å². The molecule has 1 aliphatic carbocycles. The number of anilines is 2. The van der Waals surface area contributed by atoms with Gasteiger partial charge < -0.3 is 21.1 Å². The third-order valence-electron chi connectivity index (χ3n) is 6.12. The van der Waals surface area contributed by atoms with E-state index in [0.717, 1.165) is 42.5 Å². The van der Waals surface area contributed by atoms with Gasteiger partial charge in [-0.3, -0.25) is 4.79 Å². The first kappa shape index (κ1) is 26.0. The number of urea groups is 1. The summed E-state index contributed by atoms with van der Waals surface area (Å²) < 4.78 is 0. The molecule has 1 heterocycles. The summed E-state index contributed by atoms with van der Waals surface area (Å²) in [6.07, 6.45) is 4.46. The molecule has 0 bridgehead atoms. The van der Waals surface area contributed by atoms with Crippen LogP contribution >= 0.6 is 34.5 Å². The third kappa shape index (κ3) is 6.19. The molecule has 4 rings (SSSR count). The van der Waals surface area contributed by atoms with Crippen LogP contribution in [0.15, 0.2) is 54.6 Å². The summed E-state index contributed by atoms with van der Waals surface area (Å²) in [7, 11) is 0. The van der Waals surface area contributed by atoms with Crippen molar-refractivity contribution >= 4 is 63.8 Å². The number of amides is 3. The van der Waals surface area contributed by atoms with Gasteiger partial charge >= 0.3 is 12.0 Å². The van der Waals surface area contributed by atoms with Gasteiger partial charge in [-0.1, -0.05) is 78.9 Å². The maximum absolute atomic E-state index is 13.3. The fourth-order valence-corrected chi connectivity index (χ4v) is 5.85. The zero-order valence-electron chi connectivity index (χ0n) is 19.2. The highest BCUT2D eigenvalue weighted by atomic mass is 35.5. The SMILES string of the molecule is O=C(Nc1cc(-c2ccccc2)sc1C(=O)N[C@H](C(=O)O)C1CCCCC1)Nc1c(Cl)cccc1Cl. The summed E-state index contributed by atoms with van der Waals surface area (Å²) >= 11 is 13.5. The zero-order valence-corrected chi connectivity index (χ0v) is 21.6. The number of benzene rings is 2. The van der Waals surface area contributed by atoms with E-state index in [1.54, 1.807) is 24.3 Å². The highest BCUT2D eigenvalue weighted by molar-refractivity contribution is 7.18. The van der Waals surface area contributed by atoms with Crippen molar-refractivity contribution in [2.24, 2.45) is 5.92 Å². The summed E-state index contributed by atoms with van der Waals surface area (Å²) in [6.45, 7) is 0. The van der Waals surface area contributed by atoms with Crippen LogP contribution in [-0.4, -0.2) is 29.1 Å². The number of carbonyl (C=O) groups is 3. The second-order valence-corrected chi connectivity index (χ2v) is 10.4. The topological polar surface area (TPSA) is 108 Å². The van der Waals surface area contributed by atoms with Crippen LogP contribution in [0.2, 0.25) is 10.0 Å². The van der Waals surface area contributed by atoms with Gasteiger partial charge in [-0.05, 0) is 42.5 Å². The van der Waals surface area contributed by atoms with E-state index in [1.165, 1.54) is 11.3 Å². The number of para-hydroxylation sites is 1. The first-order chi connectivity index (χ1) is 17.3. The molecule has 188 valence electrons. The van der Waals surface area contributed by atoms with Crippen LogP contribution in [-0.2, 0) is 4.79 Å². The maximum atomic E-state index is 13.3. The van der Waals surface area contributed by atoms with Crippen LogP contribution in [0, 0.1) is 5.92 Å². The Morgan fingerprint density at radius 2 is 1.58 bits per heavy atom. The molecule has 0 unspecified atom stereocenters. The number of carbonyl (C=O) groups excluding carboxylic acids is 2. The standard InChI is InChI=1S/C26H25Cl2N3O4S/c27-17-12-7-13-18(28)22(17)31-26(35)29-19-14-20(15-8-3-1-4-9-15)36-23(19)24(32)30-21(25(33)34)16-10-5-2-6-11-16/h1,3-4,7-9,12-14,16,21H,2,5-6,10-11H2,(H,30,32)(H,33,34)(H2,29,31,35)/t21-/m0/s1. The number of rotatable bonds is 7. The fourth-order valence-electron chi connectivity index (χ4n) is 4.34. The van der Waals surface area contributed by atoms with Gasteiger partial charge in [0.15, 0.2) is 0 Å². The van der Waals surface area contributed by atoms with Crippen molar-refractivity contribution in [1.29, 1.82) is 0 Å². The molecule has 2 aromatic carbocycles. The molecule has 0 spiro atoms. The lowest BCUT2D eigenvalue weighted by Gasteiger charge is -2.28. The average Bonchev–Trinajstić information content (AvgIpc) is 3.29. The lowest BCUT2D eigenvalue weighted by atomic mass is 9.84. The lowest BCUT2D eigenvalue weighted by molar-refractivity contribution is -0.141. The van der Waals surface area contributed by atoms with Crippen molar-refractivity contribution in [2.45, 2.75) is 38.1 Å². The molecule has 7 nitrogen and oxygen atoms in total. The second-order valence-electron chi connectivity index (χ2n) is 8.58. The minimum Gasteiger partial charge on any atom is -0.480 e. The summed E-state index contributed by atoms with van der Waals surface area (Å²) in [4.78, 5) is 39.1. The quantitative estimate of drug-likeness (QED) is 0.253. The molecular formula is C26H25Cl2N3O4S. The molecule has 1 saturated carbocycles. The Bertz CT molecular complexity index is 1240. The zero-order chi connectivity index (χ0) is 25.7. The molecule has 36 heavy (non-hydrogen) atoms. The Morgan fingerprint density at radius 3 is 2.22 bits per heavy atom. The van der Waals surface area contributed by atoms with Crippen LogP contribution in [0.25, 0.3) is 10.4 Å². The number of carboxylic acid groups (broad SMARTS) is 1. The Balaban J connectivity index is 1.61. The van der Waals surface area contributed by atoms with E-state index in [9.17, 15) is 19.5 Å². The molecule has 3 amide bonds. The molecule has 0 radical (unpaired) electrons. The smallest absolute Gasteiger partial charge is 0.326 e. The highest BCUT2D eigenvalue weighted by Gasteiger charge is 2.32. The number of carboxylic acids is 1. The number of hydrogen-bond donors (Lipinski definition) is 4. The Hall–Kier alpha value is -3.07. The number of halogens is 2. The summed E-state index contributed by atoms with van der Waals surface area (Å²) in [6, 6.07) is 14.3. The third-order valence-corrected chi connectivity index (χ3v) is 7.93. The van der Waals surface area contributed by atoms with Crippen LogP contribution in [0.4, 0.5) is 16.2 Å². The molecule has 1 fully saturated rings. The summed E-state index contributed by atoms with van der Waals surface area (Å²) in [5.41, 5.74) is 1.36. The van der Waals surface area contributed by atoms with E-state index >= 15 is 0 Å². The first-order valence-electron chi connectivity index (χ1n) is 11.6. The van der Waals surface area contributed by atoms with Crippen LogP contribution in [0.1, 0.15) is 41.8 Å².